The van der Waals surface area contributed by atoms with E-state index in [0.29, 0.717) is 19.0 Å². The topological polar surface area (TPSA) is 39.7 Å². The summed E-state index contributed by atoms with van der Waals surface area (Å²) in [4.78, 5) is 7.78. The molecular formula is C15H24F3IN4S. The van der Waals surface area contributed by atoms with Crippen molar-refractivity contribution in [1.29, 1.82) is 0 Å². The summed E-state index contributed by atoms with van der Waals surface area (Å²) in [5.74, 6) is 0.449. The summed E-state index contributed by atoms with van der Waals surface area (Å²) in [6.45, 7) is 5.75. The number of nitrogens with one attached hydrogen (secondary N) is 2. The van der Waals surface area contributed by atoms with Crippen molar-refractivity contribution in [2.75, 3.05) is 32.7 Å². The van der Waals surface area contributed by atoms with E-state index in [1.54, 1.807) is 0 Å². The van der Waals surface area contributed by atoms with Crippen molar-refractivity contribution in [2.45, 2.75) is 32.5 Å². The molecular weight excluding hydrogens is 452 g/mol. The first kappa shape index (κ1) is 21.5. The van der Waals surface area contributed by atoms with Crippen LogP contribution < -0.4 is 10.6 Å². The lowest BCUT2D eigenvalue weighted by atomic mass is 10.1. The van der Waals surface area contributed by atoms with Crippen LogP contribution in [-0.4, -0.2) is 49.8 Å². The van der Waals surface area contributed by atoms with Gasteiger partial charge in [-0.15, -0.1) is 35.3 Å². The molecule has 0 saturated carbocycles. The van der Waals surface area contributed by atoms with E-state index in [1.807, 2.05) is 18.3 Å². The minimum Gasteiger partial charge on any atom is -0.357 e. The summed E-state index contributed by atoms with van der Waals surface area (Å²) in [5.41, 5.74) is 1.40. The van der Waals surface area contributed by atoms with Gasteiger partial charge in [-0.3, -0.25) is 9.89 Å². The van der Waals surface area contributed by atoms with Gasteiger partial charge in [0.05, 0.1) is 13.0 Å². The van der Waals surface area contributed by atoms with Gasteiger partial charge in [-0.2, -0.15) is 13.2 Å². The van der Waals surface area contributed by atoms with Crippen molar-refractivity contribution < 1.29 is 13.2 Å². The van der Waals surface area contributed by atoms with Crippen molar-refractivity contribution >= 4 is 41.3 Å². The van der Waals surface area contributed by atoms with Crippen LogP contribution in [0.1, 0.15) is 23.8 Å². The third-order valence-corrected chi connectivity index (χ3v) is 4.64. The highest BCUT2D eigenvalue weighted by Gasteiger charge is 2.26. The Bertz CT molecular complexity index is 519. The predicted molar refractivity (Wildman–Crippen MR) is 103 cm³/mol. The molecule has 0 spiro atoms. The zero-order valence-corrected chi connectivity index (χ0v) is 16.8. The van der Waals surface area contributed by atoms with E-state index in [2.05, 4.69) is 32.0 Å². The number of rotatable bonds is 6. The molecule has 0 aromatic carbocycles. The summed E-state index contributed by atoms with van der Waals surface area (Å²) < 4.78 is 36.5. The molecule has 0 amide bonds. The van der Waals surface area contributed by atoms with E-state index in [0.717, 1.165) is 26.1 Å². The normalized spacial score (nSPS) is 15.6. The van der Waals surface area contributed by atoms with Crippen LogP contribution in [-0.2, 0) is 13.0 Å². The Hall–Kier alpha value is -0.550. The van der Waals surface area contributed by atoms with Crippen LogP contribution in [0.3, 0.4) is 0 Å². The van der Waals surface area contributed by atoms with Crippen molar-refractivity contribution in [3.05, 3.63) is 21.9 Å². The highest BCUT2D eigenvalue weighted by Crippen LogP contribution is 2.23. The molecule has 1 aromatic rings. The van der Waals surface area contributed by atoms with Gasteiger partial charge < -0.3 is 10.6 Å². The average Bonchev–Trinajstić information content (AvgIpc) is 2.93. The molecule has 2 N–H and O–H groups in total. The van der Waals surface area contributed by atoms with Gasteiger partial charge in [0.15, 0.2) is 5.96 Å². The molecule has 0 atom stereocenters. The summed E-state index contributed by atoms with van der Waals surface area (Å²) in [7, 11) is 0. The lowest BCUT2D eigenvalue weighted by Crippen LogP contribution is -2.42. The van der Waals surface area contributed by atoms with Gasteiger partial charge in [0.25, 0.3) is 0 Å². The van der Waals surface area contributed by atoms with Crippen LogP contribution in [0, 0.1) is 0 Å². The van der Waals surface area contributed by atoms with E-state index >= 15 is 0 Å². The quantitative estimate of drug-likeness (QED) is 0.377. The molecule has 2 rings (SSSR count). The van der Waals surface area contributed by atoms with Crippen LogP contribution in [0.2, 0.25) is 0 Å². The molecule has 0 radical (unpaired) electrons. The number of thiophene rings is 1. The third-order valence-electron chi connectivity index (χ3n) is 3.62. The minimum absolute atomic E-state index is 0. The van der Waals surface area contributed by atoms with Gasteiger partial charge in [0.1, 0.15) is 0 Å². The van der Waals surface area contributed by atoms with Gasteiger partial charge in [0.2, 0.25) is 0 Å². The molecule has 0 fully saturated rings. The Balaban J connectivity index is 0.00000288. The van der Waals surface area contributed by atoms with Crippen LogP contribution in [0.15, 0.2) is 16.4 Å². The maximum absolute atomic E-state index is 12.2. The lowest BCUT2D eigenvalue weighted by molar-refractivity contribution is -0.132. The van der Waals surface area contributed by atoms with Crippen LogP contribution in [0.25, 0.3) is 0 Å². The van der Waals surface area contributed by atoms with Crippen LogP contribution in [0.4, 0.5) is 13.2 Å². The summed E-state index contributed by atoms with van der Waals surface area (Å²) in [5, 5.41) is 8.21. The highest BCUT2D eigenvalue weighted by atomic mass is 127. The largest absolute Gasteiger partial charge is 0.390 e. The second-order valence-electron chi connectivity index (χ2n) is 5.45. The molecule has 4 nitrogen and oxygen atoms in total. The predicted octanol–water partition coefficient (Wildman–Crippen LogP) is 3.23. The summed E-state index contributed by atoms with van der Waals surface area (Å²) in [6, 6.07) is 2.17. The zero-order valence-electron chi connectivity index (χ0n) is 13.7. The minimum atomic E-state index is -4.16. The second-order valence-corrected chi connectivity index (χ2v) is 6.45. The van der Waals surface area contributed by atoms with Crippen molar-refractivity contribution in [2.24, 2.45) is 4.99 Å². The maximum Gasteiger partial charge on any atom is 0.390 e. The van der Waals surface area contributed by atoms with E-state index < -0.39 is 12.6 Å². The number of alkyl halides is 3. The Labute approximate surface area is 161 Å². The first-order valence-electron chi connectivity index (χ1n) is 7.84. The Morgan fingerprint density at radius 1 is 1.38 bits per heavy atom. The average molecular weight is 476 g/mol. The van der Waals surface area contributed by atoms with E-state index in [-0.39, 0.29) is 30.5 Å². The van der Waals surface area contributed by atoms with Gasteiger partial charge in [-0.25, -0.2) is 0 Å². The number of hydrogen-bond acceptors (Lipinski definition) is 3. The third kappa shape index (κ3) is 7.56. The molecule has 1 aromatic heterocycles. The standard InChI is InChI=1S/C15H23F3N4S.HI/c1-2-19-14(20-6-5-15(16,17)18)21-7-9-22-8-3-13-12(11-22)4-10-23-13;/h4,10H,2-3,5-9,11H2,1H3,(H2,19,20,21);1H. The van der Waals surface area contributed by atoms with Crippen molar-refractivity contribution in [1.82, 2.24) is 15.5 Å². The van der Waals surface area contributed by atoms with Gasteiger partial charge >= 0.3 is 6.18 Å². The Morgan fingerprint density at radius 2 is 2.17 bits per heavy atom. The molecule has 0 aliphatic carbocycles. The van der Waals surface area contributed by atoms with E-state index in [4.69, 9.17) is 0 Å². The number of hydrogen-bond donors (Lipinski definition) is 2. The van der Waals surface area contributed by atoms with Crippen LogP contribution >= 0.6 is 35.3 Å². The molecule has 138 valence electrons. The number of aliphatic imine (C=N–C) groups is 1. The monoisotopic (exact) mass is 476 g/mol. The molecule has 0 saturated heterocycles. The fourth-order valence-corrected chi connectivity index (χ4v) is 3.36. The molecule has 24 heavy (non-hydrogen) atoms. The SMILES string of the molecule is CCNC(=NCCC(F)(F)F)NCCN1CCc2sccc2C1.I. The molecule has 1 aliphatic heterocycles. The van der Waals surface area contributed by atoms with Gasteiger partial charge in [-0.1, -0.05) is 0 Å². The first-order chi connectivity index (χ1) is 11.0. The fraction of sp³-hybridized carbons (Fsp3) is 0.667. The summed E-state index contributed by atoms with van der Waals surface area (Å²) >= 11 is 1.81. The number of fused-ring (bicyclic) bond motifs is 1. The number of halogens is 4. The van der Waals surface area contributed by atoms with Crippen molar-refractivity contribution in [3.63, 3.8) is 0 Å². The fourth-order valence-electron chi connectivity index (χ4n) is 2.47. The van der Waals surface area contributed by atoms with E-state index in [9.17, 15) is 13.2 Å². The molecule has 1 aliphatic rings. The first-order valence-corrected chi connectivity index (χ1v) is 8.72. The highest BCUT2D eigenvalue weighted by molar-refractivity contribution is 14.0. The molecule has 2 heterocycles. The zero-order chi connectivity index (χ0) is 16.7. The smallest absolute Gasteiger partial charge is 0.357 e. The molecule has 0 bridgehead atoms. The maximum atomic E-state index is 12.2. The van der Waals surface area contributed by atoms with Gasteiger partial charge in [0, 0.05) is 37.6 Å². The van der Waals surface area contributed by atoms with E-state index in [1.165, 1.54) is 10.4 Å². The van der Waals surface area contributed by atoms with Gasteiger partial charge in [-0.05, 0) is 30.4 Å². The Morgan fingerprint density at radius 3 is 2.88 bits per heavy atom. The number of nitrogens with zero attached hydrogens (tertiary/aromatic N) is 2. The molecule has 9 heteroatoms. The molecule has 0 unspecified atom stereocenters. The second kappa shape index (κ2) is 10.4. The Kier molecular flexibility index (Phi) is 9.35. The van der Waals surface area contributed by atoms with Crippen LogP contribution in [0.5, 0.6) is 0 Å². The lowest BCUT2D eigenvalue weighted by Gasteiger charge is -2.27. The summed E-state index contributed by atoms with van der Waals surface area (Å²) in [6.07, 6.45) is -3.98. The number of guanidine groups is 1. The van der Waals surface area contributed by atoms with Crippen molar-refractivity contribution in [3.8, 4) is 0 Å².